The van der Waals surface area contributed by atoms with Crippen molar-refractivity contribution >= 4 is 5.91 Å². The third-order valence-corrected chi connectivity index (χ3v) is 2.72. The Morgan fingerprint density at radius 3 is 2.63 bits per heavy atom. The lowest BCUT2D eigenvalue weighted by atomic mass is 10.2. The van der Waals surface area contributed by atoms with Gasteiger partial charge in [0.15, 0.2) is 5.69 Å². The summed E-state index contributed by atoms with van der Waals surface area (Å²) in [5, 5.41) is 4.23. The molecule has 0 fully saturated rings. The summed E-state index contributed by atoms with van der Waals surface area (Å²) in [5.41, 5.74) is 7.76. The van der Waals surface area contributed by atoms with Gasteiger partial charge in [-0.15, -0.1) is 0 Å². The lowest BCUT2D eigenvalue weighted by Gasteiger charge is -2.07. The van der Waals surface area contributed by atoms with E-state index >= 15 is 0 Å². The Morgan fingerprint density at radius 1 is 1.37 bits per heavy atom. The SMILES string of the molecule is C[C@H](N)c1ccc(-n2ccc(C(=O)N(C)C)n2)cn1. The molecule has 6 heteroatoms. The molecule has 19 heavy (non-hydrogen) atoms. The number of nitrogens with zero attached hydrogens (tertiary/aromatic N) is 4. The first-order chi connectivity index (χ1) is 8.99. The molecule has 2 aromatic heterocycles. The molecule has 0 aliphatic rings. The average molecular weight is 259 g/mol. The van der Waals surface area contributed by atoms with Gasteiger partial charge in [0.2, 0.25) is 0 Å². The molecule has 0 saturated carbocycles. The van der Waals surface area contributed by atoms with Crippen LogP contribution >= 0.6 is 0 Å². The lowest BCUT2D eigenvalue weighted by molar-refractivity contribution is 0.0821. The highest BCUT2D eigenvalue weighted by Gasteiger charge is 2.12. The van der Waals surface area contributed by atoms with Crippen LogP contribution in [0, 0.1) is 0 Å². The fourth-order valence-corrected chi connectivity index (χ4v) is 1.61. The van der Waals surface area contributed by atoms with Gasteiger partial charge < -0.3 is 10.6 Å². The molecule has 6 nitrogen and oxygen atoms in total. The summed E-state index contributed by atoms with van der Waals surface area (Å²) in [7, 11) is 3.39. The number of rotatable bonds is 3. The number of carbonyl (C=O) groups is 1. The predicted octanol–water partition coefficient (Wildman–Crippen LogP) is 0.989. The fourth-order valence-electron chi connectivity index (χ4n) is 1.61. The number of nitrogens with two attached hydrogens (primary N) is 1. The molecule has 0 bridgehead atoms. The molecule has 2 N–H and O–H groups in total. The zero-order valence-corrected chi connectivity index (χ0v) is 11.2. The number of amides is 1. The van der Waals surface area contributed by atoms with Crippen LogP contribution in [0.15, 0.2) is 30.6 Å². The van der Waals surface area contributed by atoms with Gasteiger partial charge in [-0.05, 0) is 25.1 Å². The predicted molar refractivity (Wildman–Crippen MR) is 72.0 cm³/mol. The largest absolute Gasteiger partial charge is 0.343 e. The van der Waals surface area contributed by atoms with Crippen LogP contribution in [0.2, 0.25) is 0 Å². The monoisotopic (exact) mass is 259 g/mol. The molecule has 2 rings (SSSR count). The van der Waals surface area contributed by atoms with Gasteiger partial charge in [0.05, 0.1) is 17.6 Å². The molecule has 2 aromatic rings. The molecule has 0 aliphatic heterocycles. The molecular weight excluding hydrogens is 242 g/mol. The molecule has 0 unspecified atom stereocenters. The fraction of sp³-hybridized carbons (Fsp3) is 0.308. The van der Waals surface area contributed by atoms with Crippen LogP contribution in [0.25, 0.3) is 5.69 Å². The zero-order chi connectivity index (χ0) is 14.0. The second kappa shape index (κ2) is 5.19. The van der Waals surface area contributed by atoms with E-state index in [1.165, 1.54) is 4.90 Å². The summed E-state index contributed by atoms with van der Waals surface area (Å²) in [4.78, 5) is 17.5. The van der Waals surface area contributed by atoms with E-state index in [2.05, 4.69) is 10.1 Å². The second-order valence-electron chi connectivity index (χ2n) is 4.58. The van der Waals surface area contributed by atoms with E-state index in [4.69, 9.17) is 5.73 Å². The minimum absolute atomic E-state index is 0.0995. The molecular formula is C13H17N5O. The number of pyridine rings is 1. The third kappa shape index (κ3) is 2.79. The zero-order valence-electron chi connectivity index (χ0n) is 11.2. The van der Waals surface area contributed by atoms with Crippen molar-refractivity contribution in [2.45, 2.75) is 13.0 Å². The summed E-state index contributed by atoms with van der Waals surface area (Å²) >= 11 is 0. The minimum Gasteiger partial charge on any atom is -0.343 e. The summed E-state index contributed by atoms with van der Waals surface area (Å²) in [6, 6.07) is 5.32. The van der Waals surface area contributed by atoms with E-state index in [1.54, 1.807) is 37.2 Å². The summed E-state index contributed by atoms with van der Waals surface area (Å²) in [5.74, 6) is -0.126. The first-order valence-corrected chi connectivity index (χ1v) is 5.98. The maximum atomic E-state index is 11.8. The molecule has 0 saturated heterocycles. The minimum atomic E-state index is -0.126. The first-order valence-electron chi connectivity index (χ1n) is 5.98. The summed E-state index contributed by atoms with van der Waals surface area (Å²) in [6.07, 6.45) is 3.43. The van der Waals surface area contributed by atoms with Crippen molar-refractivity contribution < 1.29 is 4.79 Å². The van der Waals surface area contributed by atoms with E-state index in [-0.39, 0.29) is 11.9 Å². The lowest BCUT2D eigenvalue weighted by Crippen LogP contribution is -2.22. The van der Waals surface area contributed by atoms with Gasteiger partial charge in [0, 0.05) is 26.3 Å². The van der Waals surface area contributed by atoms with Gasteiger partial charge in [0.25, 0.3) is 5.91 Å². The smallest absolute Gasteiger partial charge is 0.273 e. The van der Waals surface area contributed by atoms with Crippen LogP contribution < -0.4 is 5.73 Å². The first kappa shape index (κ1) is 13.2. The molecule has 1 amide bonds. The maximum Gasteiger partial charge on any atom is 0.273 e. The molecule has 0 spiro atoms. The molecule has 0 radical (unpaired) electrons. The van der Waals surface area contributed by atoms with E-state index in [9.17, 15) is 4.79 Å². The van der Waals surface area contributed by atoms with Gasteiger partial charge in [-0.3, -0.25) is 9.78 Å². The van der Waals surface area contributed by atoms with Crippen molar-refractivity contribution in [1.82, 2.24) is 19.7 Å². The maximum absolute atomic E-state index is 11.8. The Bertz CT molecular complexity index is 571. The molecule has 0 aliphatic carbocycles. The normalized spacial score (nSPS) is 12.2. The Kier molecular flexibility index (Phi) is 3.62. The van der Waals surface area contributed by atoms with Crippen LogP contribution in [-0.2, 0) is 0 Å². The molecule has 2 heterocycles. The Morgan fingerprint density at radius 2 is 2.11 bits per heavy atom. The van der Waals surface area contributed by atoms with Crippen LogP contribution in [0.1, 0.15) is 29.1 Å². The number of carbonyl (C=O) groups excluding carboxylic acids is 1. The van der Waals surface area contributed by atoms with Crippen LogP contribution in [0.5, 0.6) is 0 Å². The highest BCUT2D eigenvalue weighted by atomic mass is 16.2. The van der Waals surface area contributed by atoms with E-state index in [0.717, 1.165) is 11.4 Å². The van der Waals surface area contributed by atoms with E-state index in [0.29, 0.717) is 5.69 Å². The third-order valence-electron chi connectivity index (χ3n) is 2.72. The summed E-state index contributed by atoms with van der Waals surface area (Å²) in [6.45, 7) is 1.88. The van der Waals surface area contributed by atoms with Gasteiger partial charge in [-0.2, -0.15) is 5.10 Å². The van der Waals surface area contributed by atoms with Crippen LogP contribution in [-0.4, -0.2) is 39.7 Å². The highest BCUT2D eigenvalue weighted by molar-refractivity contribution is 5.91. The quantitative estimate of drug-likeness (QED) is 0.891. The van der Waals surface area contributed by atoms with E-state index in [1.807, 2.05) is 19.1 Å². The van der Waals surface area contributed by atoms with Gasteiger partial charge in [-0.25, -0.2) is 4.68 Å². The summed E-state index contributed by atoms with van der Waals surface area (Å²) < 4.78 is 1.62. The topological polar surface area (TPSA) is 77.0 Å². The van der Waals surface area contributed by atoms with E-state index < -0.39 is 0 Å². The standard InChI is InChI=1S/C13H17N5O/c1-9(14)11-5-4-10(8-15-11)18-7-6-12(16-18)13(19)17(2)3/h4-9H,14H2,1-3H3/t9-/m0/s1. The van der Waals surface area contributed by atoms with Crippen molar-refractivity contribution in [3.05, 3.63) is 42.0 Å². The van der Waals surface area contributed by atoms with Crippen LogP contribution in [0.3, 0.4) is 0 Å². The average Bonchev–Trinajstić information content (AvgIpc) is 2.87. The number of hydrogen-bond acceptors (Lipinski definition) is 4. The van der Waals surface area contributed by atoms with Crippen molar-refractivity contribution in [1.29, 1.82) is 0 Å². The van der Waals surface area contributed by atoms with Crippen molar-refractivity contribution in [3.8, 4) is 5.69 Å². The van der Waals surface area contributed by atoms with Crippen molar-refractivity contribution in [2.24, 2.45) is 5.73 Å². The van der Waals surface area contributed by atoms with Gasteiger partial charge >= 0.3 is 0 Å². The van der Waals surface area contributed by atoms with Gasteiger partial charge in [0.1, 0.15) is 0 Å². The number of hydrogen-bond donors (Lipinski definition) is 1. The Balaban J connectivity index is 2.25. The molecule has 1 atom stereocenters. The Hall–Kier alpha value is -2.21. The second-order valence-corrected chi connectivity index (χ2v) is 4.58. The van der Waals surface area contributed by atoms with Gasteiger partial charge in [-0.1, -0.05) is 0 Å². The van der Waals surface area contributed by atoms with Crippen molar-refractivity contribution in [2.75, 3.05) is 14.1 Å². The Labute approximate surface area is 111 Å². The molecule has 0 aromatic carbocycles. The number of aromatic nitrogens is 3. The van der Waals surface area contributed by atoms with Crippen LogP contribution in [0.4, 0.5) is 0 Å². The molecule has 100 valence electrons. The van der Waals surface area contributed by atoms with Crippen molar-refractivity contribution in [3.63, 3.8) is 0 Å². The highest BCUT2D eigenvalue weighted by Crippen LogP contribution is 2.11.